The second-order valence-corrected chi connectivity index (χ2v) is 5.00. The van der Waals surface area contributed by atoms with Crippen LogP contribution in [0.25, 0.3) is 0 Å². The van der Waals surface area contributed by atoms with Crippen LogP contribution < -0.4 is 9.47 Å². The molecule has 0 saturated carbocycles. The van der Waals surface area contributed by atoms with E-state index >= 15 is 0 Å². The fourth-order valence-electron chi connectivity index (χ4n) is 1.84. The van der Waals surface area contributed by atoms with E-state index in [9.17, 15) is 0 Å². The number of rotatable bonds is 3. The van der Waals surface area contributed by atoms with Crippen LogP contribution in [-0.2, 0) is 0 Å². The van der Waals surface area contributed by atoms with Gasteiger partial charge in [0.25, 0.3) is 0 Å². The Hall–Kier alpha value is -1.48. The zero-order valence-electron chi connectivity index (χ0n) is 10.7. The van der Waals surface area contributed by atoms with Crippen LogP contribution in [0.1, 0.15) is 11.1 Å². The molecule has 0 heterocycles. The molecule has 0 aliphatic carbocycles. The van der Waals surface area contributed by atoms with Gasteiger partial charge in [0, 0.05) is 0 Å². The van der Waals surface area contributed by atoms with Gasteiger partial charge in [-0.05, 0) is 59.1 Å². The lowest BCUT2D eigenvalue weighted by Crippen LogP contribution is -1.93. The van der Waals surface area contributed by atoms with E-state index in [4.69, 9.17) is 9.47 Å². The van der Waals surface area contributed by atoms with Crippen molar-refractivity contribution in [2.24, 2.45) is 0 Å². The van der Waals surface area contributed by atoms with Crippen molar-refractivity contribution in [1.29, 1.82) is 0 Å². The van der Waals surface area contributed by atoms with Gasteiger partial charge >= 0.3 is 0 Å². The average molecular weight is 307 g/mol. The number of halogens is 1. The van der Waals surface area contributed by atoms with Gasteiger partial charge in [0.15, 0.2) is 11.5 Å². The fourth-order valence-corrected chi connectivity index (χ4v) is 2.60. The zero-order valence-corrected chi connectivity index (χ0v) is 12.2. The van der Waals surface area contributed by atoms with E-state index in [1.807, 2.05) is 37.3 Å². The van der Waals surface area contributed by atoms with E-state index in [0.717, 1.165) is 21.5 Å². The maximum atomic E-state index is 5.95. The molecular formula is C15H15BrO2. The quantitative estimate of drug-likeness (QED) is 0.805. The van der Waals surface area contributed by atoms with E-state index in [1.165, 1.54) is 5.56 Å². The molecule has 0 atom stereocenters. The second-order valence-electron chi connectivity index (χ2n) is 4.15. The average Bonchev–Trinajstić information content (AvgIpc) is 2.34. The summed E-state index contributed by atoms with van der Waals surface area (Å²) >= 11 is 3.54. The van der Waals surface area contributed by atoms with Crippen molar-refractivity contribution in [2.45, 2.75) is 13.8 Å². The predicted octanol–water partition coefficient (Wildman–Crippen LogP) is 4.87. The molecule has 0 saturated heterocycles. The van der Waals surface area contributed by atoms with Crippen LogP contribution >= 0.6 is 15.9 Å². The number of hydrogen-bond acceptors (Lipinski definition) is 2. The normalized spacial score (nSPS) is 10.2. The van der Waals surface area contributed by atoms with Crippen LogP contribution in [0.2, 0.25) is 0 Å². The zero-order chi connectivity index (χ0) is 13.1. The molecule has 2 aromatic carbocycles. The summed E-state index contributed by atoms with van der Waals surface area (Å²) in [7, 11) is 1.64. The minimum Gasteiger partial charge on any atom is -0.493 e. The summed E-state index contributed by atoms with van der Waals surface area (Å²) in [6.07, 6.45) is 0. The van der Waals surface area contributed by atoms with Crippen molar-refractivity contribution in [3.63, 3.8) is 0 Å². The molecule has 2 nitrogen and oxygen atoms in total. The van der Waals surface area contributed by atoms with E-state index in [0.29, 0.717) is 5.75 Å². The fraction of sp³-hybridized carbons (Fsp3) is 0.200. The van der Waals surface area contributed by atoms with Crippen molar-refractivity contribution < 1.29 is 9.47 Å². The molecule has 0 aliphatic heterocycles. The Morgan fingerprint density at radius 3 is 2.28 bits per heavy atom. The molecule has 3 heteroatoms. The maximum Gasteiger partial charge on any atom is 0.169 e. The standard InChI is InChI=1S/C15H15BrO2/c1-10-8-11(2)15(12(16)9-10)18-14-7-5-4-6-13(14)17-3/h4-9H,1-3H3. The summed E-state index contributed by atoms with van der Waals surface area (Å²) in [5.74, 6) is 2.27. The summed E-state index contributed by atoms with van der Waals surface area (Å²) in [5.41, 5.74) is 2.29. The molecule has 0 fully saturated rings. The van der Waals surface area contributed by atoms with Crippen molar-refractivity contribution in [3.05, 3.63) is 52.0 Å². The van der Waals surface area contributed by atoms with Gasteiger partial charge in [-0.2, -0.15) is 0 Å². The first-order valence-electron chi connectivity index (χ1n) is 5.69. The van der Waals surface area contributed by atoms with Gasteiger partial charge < -0.3 is 9.47 Å². The largest absolute Gasteiger partial charge is 0.493 e. The number of aryl methyl sites for hydroxylation is 2. The van der Waals surface area contributed by atoms with Gasteiger partial charge in [-0.15, -0.1) is 0 Å². The molecule has 0 aliphatic rings. The Balaban J connectivity index is 2.40. The van der Waals surface area contributed by atoms with Gasteiger partial charge in [-0.1, -0.05) is 18.2 Å². The number of methoxy groups -OCH3 is 1. The van der Waals surface area contributed by atoms with Gasteiger partial charge in [0.2, 0.25) is 0 Å². The van der Waals surface area contributed by atoms with Crippen LogP contribution in [0.4, 0.5) is 0 Å². The Kier molecular flexibility index (Phi) is 3.92. The number of para-hydroxylation sites is 2. The van der Waals surface area contributed by atoms with Crippen molar-refractivity contribution in [1.82, 2.24) is 0 Å². The summed E-state index contributed by atoms with van der Waals surface area (Å²) in [5, 5.41) is 0. The highest BCUT2D eigenvalue weighted by Crippen LogP contribution is 2.37. The number of benzene rings is 2. The van der Waals surface area contributed by atoms with E-state index in [1.54, 1.807) is 7.11 Å². The highest BCUT2D eigenvalue weighted by molar-refractivity contribution is 9.10. The van der Waals surface area contributed by atoms with Crippen molar-refractivity contribution >= 4 is 15.9 Å². The molecule has 0 unspecified atom stereocenters. The van der Waals surface area contributed by atoms with Crippen LogP contribution in [-0.4, -0.2) is 7.11 Å². The highest BCUT2D eigenvalue weighted by atomic mass is 79.9. The molecule has 2 rings (SSSR count). The summed E-state index contributed by atoms with van der Waals surface area (Å²) in [6, 6.07) is 11.8. The smallest absolute Gasteiger partial charge is 0.169 e. The molecule has 0 spiro atoms. The number of ether oxygens (including phenoxy) is 2. The lowest BCUT2D eigenvalue weighted by atomic mass is 10.1. The molecular weight excluding hydrogens is 292 g/mol. The van der Waals surface area contributed by atoms with Gasteiger partial charge in [-0.25, -0.2) is 0 Å². The third kappa shape index (κ3) is 2.67. The Bertz CT molecular complexity index is 541. The van der Waals surface area contributed by atoms with Crippen molar-refractivity contribution in [2.75, 3.05) is 7.11 Å². The first-order chi connectivity index (χ1) is 8.61. The van der Waals surface area contributed by atoms with Crippen LogP contribution in [0.5, 0.6) is 17.2 Å². The van der Waals surface area contributed by atoms with Crippen molar-refractivity contribution in [3.8, 4) is 17.2 Å². The van der Waals surface area contributed by atoms with Crippen LogP contribution in [0, 0.1) is 13.8 Å². The molecule has 0 aromatic heterocycles. The third-order valence-electron chi connectivity index (χ3n) is 2.65. The molecule has 0 N–H and O–H groups in total. The predicted molar refractivity (Wildman–Crippen MR) is 76.7 cm³/mol. The van der Waals surface area contributed by atoms with Crippen LogP contribution in [0.15, 0.2) is 40.9 Å². The van der Waals surface area contributed by atoms with Crippen LogP contribution in [0.3, 0.4) is 0 Å². The summed E-state index contributed by atoms with van der Waals surface area (Å²) in [6.45, 7) is 4.09. The minimum atomic E-state index is 0.715. The highest BCUT2D eigenvalue weighted by Gasteiger charge is 2.10. The minimum absolute atomic E-state index is 0.715. The first-order valence-corrected chi connectivity index (χ1v) is 6.48. The third-order valence-corrected chi connectivity index (χ3v) is 3.24. The van der Waals surface area contributed by atoms with Gasteiger partial charge in [-0.3, -0.25) is 0 Å². The topological polar surface area (TPSA) is 18.5 Å². The first kappa shape index (κ1) is 13.0. The van der Waals surface area contributed by atoms with E-state index in [-0.39, 0.29) is 0 Å². The lowest BCUT2D eigenvalue weighted by molar-refractivity contribution is 0.377. The Labute approximate surface area is 116 Å². The van der Waals surface area contributed by atoms with Gasteiger partial charge in [0.05, 0.1) is 11.6 Å². The Morgan fingerprint density at radius 1 is 1.00 bits per heavy atom. The lowest BCUT2D eigenvalue weighted by Gasteiger charge is -2.14. The molecule has 18 heavy (non-hydrogen) atoms. The monoisotopic (exact) mass is 306 g/mol. The SMILES string of the molecule is COc1ccccc1Oc1c(C)cc(C)cc1Br. The second kappa shape index (κ2) is 5.44. The summed E-state index contributed by atoms with van der Waals surface area (Å²) in [4.78, 5) is 0. The maximum absolute atomic E-state index is 5.95. The van der Waals surface area contributed by atoms with E-state index in [2.05, 4.69) is 28.9 Å². The molecule has 0 bridgehead atoms. The molecule has 94 valence electrons. The van der Waals surface area contributed by atoms with E-state index < -0.39 is 0 Å². The summed E-state index contributed by atoms with van der Waals surface area (Å²) < 4.78 is 12.2. The molecule has 0 radical (unpaired) electrons. The Morgan fingerprint density at radius 2 is 1.67 bits per heavy atom. The molecule has 0 amide bonds. The number of hydrogen-bond donors (Lipinski definition) is 0. The molecule has 2 aromatic rings. The van der Waals surface area contributed by atoms with Gasteiger partial charge in [0.1, 0.15) is 5.75 Å².